The first-order chi connectivity index (χ1) is 18.0. The molecule has 7 heteroatoms. The van der Waals surface area contributed by atoms with E-state index in [1.165, 1.54) is 11.1 Å². The third-order valence-electron chi connectivity index (χ3n) is 9.39. The van der Waals surface area contributed by atoms with Crippen LogP contribution < -0.4 is 5.32 Å². The Morgan fingerprint density at radius 1 is 1.08 bits per heavy atom. The van der Waals surface area contributed by atoms with Gasteiger partial charge in [-0.15, -0.1) is 0 Å². The molecular formula is C32H53BFN2O2S. The molecule has 1 fully saturated rings. The molecule has 1 aromatic rings. The quantitative estimate of drug-likeness (QED) is 0.167. The van der Waals surface area contributed by atoms with Crippen LogP contribution in [0.3, 0.4) is 0 Å². The highest BCUT2D eigenvalue weighted by Crippen LogP contribution is 2.43. The number of carbonyl (C=O) groups excluding carboxylic acids is 1. The third kappa shape index (κ3) is 8.48. The number of aryl methyl sites for hydroxylation is 1. The molecule has 0 bridgehead atoms. The second-order valence-electron chi connectivity index (χ2n) is 14.3. The van der Waals surface area contributed by atoms with Gasteiger partial charge in [-0.05, 0) is 129 Å². The summed E-state index contributed by atoms with van der Waals surface area (Å²) in [6.45, 7) is 18.6. The first-order valence-electron chi connectivity index (χ1n) is 15.1. The molecule has 4 nitrogen and oxygen atoms in total. The van der Waals surface area contributed by atoms with Crippen LogP contribution in [0.5, 0.6) is 0 Å². The van der Waals surface area contributed by atoms with E-state index < -0.39 is 5.41 Å². The summed E-state index contributed by atoms with van der Waals surface area (Å²) in [5.41, 5.74) is 1.45. The fourth-order valence-electron chi connectivity index (χ4n) is 6.09. The molecule has 1 aliphatic heterocycles. The SMILES string of the molecule is CC(C)(C)NC(=O)C(C)(CCCC[B]OC(C)(C)C(C)(C)S)C1CCN(C2CCCc3ccc(F)cc32)CC1. The van der Waals surface area contributed by atoms with Gasteiger partial charge in [-0.1, -0.05) is 32.2 Å². The second kappa shape index (κ2) is 12.9. The molecule has 39 heavy (non-hydrogen) atoms. The lowest BCUT2D eigenvalue weighted by Crippen LogP contribution is -2.53. The highest BCUT2D eigenvalue weighted by Gasteiger charge is 2.44. The van der Waals surface area contributed by atoms with Crippen molar-refractivity contribution in [1.29, 1.82) is 0 Å². The predicted molar refractivity (Wildman–Crippen MR) is 165 cm³/mol. The third-order valence-corrected chi connectivity index (χ3v) is 9.93. The van der Waals surface area contributed by atoms with Crippen molar-refractivity contribution in [2.45, 2.75) is 135 Å². The molecule has 1 aromatic carbocycles. The largest absolute Gasteiger partial charge is 0.434 e. The van der Waals surface area contributed by atoms with Gasteiger partial charge in [0.1, 0.15) is 5.82 Å². The van der Waals surface area contributed by atoms with Gasteiger partial charge in [0.15, 0.2) is 0 Å². The number of nitrogens with zero attached hydrogens (tertiary/aromatic N) is 1. The zero-order valence-electron chi connectivity index (χ0n) is 25.8. The summed E-state index contributed by atoms with van der Waals surface area (Å²) >= 11 is 4.68. The smallest absolute Gasteiger partial charge is 0.293 e. The lowest BCUT2D eigenvalue weighted by atomic mass is 9.67. The molecule has 1 aliphatic carbocycles. The van der Waals surface area contributed by atoms with Gasteiger partial charge in [0.25, 0.3) is 7.48 Å². The molecule has 3 rings (SSSR count). The zero-order valence-corrected chi connectivity index (χ0v) is 26.7. The van der Waals surface area contributed by atoms with Crippen LogP contribution in [-0.2, 0) is 15.9 Å². The number of carbonyl (C=O) groups is 1. The summed E-state index contributed by atoms with van der Waals surface area (Å²) in [4.78, 5) is 16.3. The summed E-state index contributed by atoms with van der Waals surface area (Å²) < 4.78 is 19.9. The molecule has 0 aromatic heterocycles. The molecule has 1 heterocycles. The monoisotopic (exact) mass is 559 g/mol. The zero-order chi connectivity index (χ0) is 29.1. The van der Waals surface area contributed by atoms with Crippen molar-refractivity contribution in [3.05, 3.63) is 35.1 Å². The fraction of sp³-hybridized carbons (Fsp3) is 0.781. The number of amides is 1. The van der Waals surface area contributed by atoms with Gasteiger partial charge in [-0.25, -0.2) is 4.39 Å². The molecule has 1 N–H and O–H groups in total. The van der Waals surface area contributed by atoms with E-state index in [2.05, 4.69) is 78.2 Å². The summed E-state index contributed by atoms with van der Waals surface area (Å²) in [7, 11) is 1.92. The number of piperidine rings is 1. The Bertz CT molecular complexity index is 966. The molecule has 2 unspecified atom stereocenters. The Morgan fingerprint density at radius 3 is 2.36 bits per heavy atom. The van der Waals surface area contributed by atoms with Crippen molar-refractivity contribution in [3.63, 3.8) is 0 Å². The Balaban J connectivity index is 1.61. The van der Waals surface area contributed by atoms with Crippen LogP contribution in [0, 0.1) is 17.2 Å². The minimum atomic E-state index is -0.414. The molecule has 1 amide bonds. The highest BCUT2D eigenvalue weighted by molar-refractivity contribution is 7.81. The van der Waals surface area contributed by atoms with Gasteiger partial charge >= 0.3 is 0 Å². The average molecular weight is 560 g/mol. The first-order valence-corrected chi connectivity index (χ1v) is 15.5. The Hall–Kier alpha value is -1.05. The van der Waals surface area contributed by atoms with Crippen LogP contribution in [0.1, 0.15) is 118 Å². The molecule has 1 radical (unpaired) electrons. The molecule has 0 saturated carbocycles. The number of fused-ring (bicyclic) bond motifs is 1. The van der Waals surface area contributed by atoms with Crippen molar-refractivity contribution in [1.82, 2.24) is 10.2 Å². The van der Waals surface area contributed by atoms with Gasteiger partial charge in [0.2, 0.25) is 5.91 Å². The summed E-state index contributed by atoms with van der Waals surface area (Å²) in [5, 5.41) is 3.30. The highest BCUT2D eigenvalue weighted by atomic mass is 32.1. The van der Waals surface area contributed by atoms with Crippen molar-refractivity contribution >= 4 is 26.0 Å². The topological polar surface area (TPSA) is 41.6 Å². The van der Waals surface area contributed by atoms with Gasteiger partial charge < -0.3 is 9.97 Å². The van der Waals surface area contributed by atoms with Gasteiger partial charge in [0, 0.05) is 21.7 Å². The van der Waals surface area contributed by atoms with E-state index >= 15 is 0 Å². The van der Waals surface area contributed by atoms with Crippen molar-refractivity contribution < 1.29 is 13.8 Å². The molecule has 2 aliphatic rings. The summed E-state index contributed by atoms with van der Waals surface area (Å²) in [6.07, 6.45) is 8.97. The van der Waals surface area contributed by atoms with E-state index in [9.17, 15) is 9.18 Å². The second-order valence-corrected chi connectivity index (χ2v) is 15.4. The molecule has 2 atom stereocenters. The first kappa shape index (κ1) is 32.5. The summed E-state index contributed by atoms with van der Waals surface area (Å²) in [5.74, 6) is 0.370. The minimum Gasteiger partial charge on any atom is -0.434 e. The van der Waals surface area contributed by atoms with E-state index in [1.807, 2.05) is 13.5 Å². The van der Waals surface area contributed by atoms with Gasteiger partial charge in [0.05, 0.1) is 5.60 Å². The molecule has 219 valence electrons. The van der Waals surface area contributed by atoms with Crippen LogP contribution in [0.4, 0.5) is 4.39 Å². The normalized spacial score (nSPS) is 21.2. The fourth-order valence-corrected chi connectivity index (χ4v) is 6.14. The predicted octanol–water partition coefficient (Wildman–Crippen LogP) is 7.55. The van der Waals surface area contributed by atoms with Crippen molar-refractivity contribution in [2.75, 3.05) is 13.1 Å². The number of rotatable bonds is 11. The Labute approximate surface area is 244 Å². The maximum absolute atomic E-state index is 14.1. The molecule has 1 saturated heterocycles. The average Bonchev–Trinajstić information content (AvgIpc) is 2.84. The van der Waals surface area contributed by atoms with Crippen molar-refractivity contribution in [2.24, 2.45) is 11.3 Å². The van der Waals surface area contributed by atoms with E-state index in [0.717, 1.165) is 70.8 Å². The van der Waals surface area contributed by atoms with E-state index in [0.29, 0.717) is 12.0 Å². The molecular weight excluding hydrogens is 506 g/mol. The standard InChI is InChI=1S/C32H53BFN2O2S/c1-29(2,3)35-28(37)32(8,18-9-10-19-33-38-30(4,5)31(6,7)39)24-16-20-36(21-17-24)27-13-11-12-23-14-15-25(34)22-26(23)27/h14-15,22,24,27,39H,9-13,16-21H2,1-8H3,(H,35,37). The van der Waals surface area contributed by atoms with Crippen LogP contribution >= 0.6 is 12.6 Å². The van der Waals surface area contributed by atoms with Gasteiger partial charge in [-0.3, -0.25) is 9.69 Å². The maximum Gasteiger partial charge on any atom is 0.293 e. The number of benzene rings is 1. The Morgan fingerprint density at radius 2 is 1.74 bits per heavy atom. The van der Waals surface area contributed by atoms with Crippen LogP contribution in [0.2, 0.25) is 6.32 Å². The Kier molecular flexibility index (Phi) is 10.7. The minimum absolute atomic E-state index is 0.137. The number of hydrogen-bond donors (Lipinski definition) is 2. The summed E-state index contributed by atoms with van der Waals surface area (Å²) in [6, 6.07) is 5.62. The number of hydrogen-bond acceptors (Lipinski definition) is 4. The van der Waals surface area contributed by atoms with E-state index in [4.69, 9.17) is 4.65 Å². The number of thiol groups is 1. The van der Waals surface area contributed by atoms with Gasteiger partial charge in [-0.2, -0.15) is 12.6 Å². The number of unbranched alkanes of at least 4 members (excludes halogenated alkanes) is 1. The number of nitrogens with one attached hydrogen (secondary N) is 1. The molecule has 0 spiro atoms. The van der Waals surface area contributed by atoms with E-state index in [1.54, 1.807) is 12.1 Å². The maximum atomic E-state index is 14.1. The van der Waals surface area contributed by atoms with Crippen LogP contribution in [0.25, 0.3) is 0 Å². The number of halogens is 1. The van der Waals surface area contributed by atoms with Crippen molar-refractivity contribution in [3.8, 4) is 0 Å². The van der Waals surface area contributed by atoms with Crippen LogP contribution in [-0.4, -0.2) is 47.3 Å². The lowest BCUT2D eigenvalue weighted by Gasteiger charge is -2.45. The van der Waals surface area contributed by atoms with Crippen LogP contribution in [0.15, 0.2) is 18.2 Å². The van der Waals surface area contributed by atoms with E-state index in [-0.39, 0.29) is 27.6 Å². The number of likely N-dealkylation sites (tertiary alicyclic amines) is 1. The lowest BCUT2D eigenvalue weighted by molar-refractivity contribution is -0.137.